The van der Waals surface area contributed by atoms with Crippen molar-refractivity contribution >= 4 is 56.4 Å². The van der Waals surface area contributed by atoms with Gasteiger partial charge in [0.2, 0.25) is 0 Å². The van der Waals surface area contributed by atoms with E-state index in [2.05, 4.69) is 25.9 Å². The summed E-state index contributed by atoms with van der Waals surface area (Å²) in [5.41, 5.74) is 8.08. The van der Waals surface area contributed by atoms with Gasteiger partial charge in [-0.05, 0) is 48.5 Å². The van der Waals surface area contributed by atoms with Crippen molar-refractivity contribution in [1.82, 2.24) is 9.97 Å². The Balaban J connectivity index is 1.38. The van der Waals surface area contributed by atoms with Gasteiger partial charge in [0.05, 0.1) is 18.1 Å². The van der Waals surface area contributed by atoms with E-state index in [0.717, 1.165) is 0 Å². The number of benzene rings is 2. The molecule has 0 saturated carbocycles. The summed E-state index contributed by atoms with van der Waals surface area (Å²) >= 11 is 1.33. The monoisotopic (exact) mass is 434 g/mol. The van der Waals surface area contributed by atoms with Crippen LogP contribution in [0.1, 0.15) is 10.4 Å². The summed E-state index contributed by atoms with van der Waals surface area (Å²) in [6, 6.07) is 13.4. The number of ether oxygens (including phenoxy) is 1. The molecule has 2 aromatic heterocycles. The average Bonchev–Trinajstić information content (AvgIpc) is 3.21. The van der Waals surface area contributed by atoms with Crippen LogP contribution in [0.2, 0.25) is 0 Å². The Morgan fingerprint density at radius 3 is 2.10 bits per heavy atom. The van der Waals surface area contributed by atoms with Crippen LogP contribution in [-0.2, 0) is 0 Å². The van der Waals surface area contributed by atoms with Crippen LogP contribution in [0.5, 0.6) is 5.75 Å². The molecule has 156 valence electrons. The summed E-state index contributed by atoms with van der Waals surface area (Å²) in [6.45, 7) is 0. The van der Waals surface area contributed by atoms with E-state index < -0.39 is 0 Å². The molecule has 0 atom stereocenters. The molecule has 3 amide bonds. The number of anilines is 4. The highest BCUT2D eigenvalue weighted by molar-refractivity contribution is 7.17. The number of methoxy groups -OCH3 is 1. The topological polar surface area (TPSA) is 131 Å². The Labute approximate surface area is 181 Å². The van der Waals surface area contributed by atoms with Crippen molar-refractivity contribution in [2.75, 3.05) is 28.8 Å². The number of hydrogen-bond acceptors (Lipinski definition) is 7. The van der Waals surface area contributed by atoms with Crippen LogP contribution in [0.25, 0.3) is 10.2 Å². The lowest BCUT2D eigenvalue weighted by molar-refractivity contribution is 0.102. The Morgan fingerprint density at radius 1 is 0.903 bits per heavy atom. The Hall–Kier alpha value is -4.18. The van der Waals surface area contributed by atoms with E-state index in [1.807, 2.05) is 0 Å². The highest BCUT2D eigenvalue weighted by Crippen LogP contribution is 2.28. The van der Waals surface area contributed by atoms with Crippen molar-refractivity contribution in [2.24, 2.45) is 0 Å². The van der Waals surface area contributed by atoms with Crippen molar-refractivity contribution in [3.05, 3.63) is 65.8 Å². The molecule has 0 bridgehead atoms. The largest absolute Gasteiger partial charge is 0.497 e. The lowest BCUT2D eigenvalue weighted by Crippen LogP contribution is -2.19. The normalized spacial score (nSPS) is 10.5. The number of fused-ring (bicyclic) bond motifs is 1. The van der Waals surface area contributed by atoms with Crippen molar-refractivity contribution in [2.45, 2.75) is 0 Å². The smallest absolute Gasteiger partial charge is 0.323 e. The van der Waals surface area contributed by atoms with Gasteiger partial charge in [-0.1, -0.05) is 0 Å². The molecule has 0 unspecified atom stereocenters. The first kappa shape index (κ1) is 20.1. The van der Waals surface area contributed by atoms with Gasteiger partial charge in [0, 0.05) is 22.4 Å². The quantitative estimate of drug-likeness (QED) is 0.373. The highest BCUT2D eigenvalue weighted by Gasteiger charge is 2.16. The zero-order valence-electron chi connectivity index (χ0n) is 16.4. The van der Waals surface area contributed by atoms with Crippen molar-refractivity contribution in [3.8, 4) is 5.75 Å². The van der Waals surface area contributed by atoms with Crippen LogP contribution in [0.15, 0.2) is 60.2 Å². The third-order valence-electron chi connectivity index (χ3n) is 4.39. The summed E-state index contributed by atoms with van der Waals surface area (Å²) in [6.07, 6.45) is 1.37. The van der Waals surface area contributed by atoms with Gasteiger partial charge in [0.1, 0.15) is 22.7 Å². The van der Waals surface area contributed by atoms with E-state index in [9.17, 15) is 9.59 Å². The van der Waals surface area contributed by atoms with Gasteiger partial charge >= 0.3 is 6.03 Å². The lowest BCUT2D eigenvalue weighted by atomic mass is 10.2. The number of nitrogen functional groups attached to an aromatic ring is 1. The number of nitrogens with one attached hydrogen (secondary N) is 3. The zero-order valence-corrected chi connectivity index (χ0v) is 17.2. The minimum absolute atomic E-state index is 0.263. The summed E-state index contributed by atoms with van der Waals surface area (Å²) in [4.78, 5) is 33.5. The van der Waals surface area contributed by atoms with E-state index in [1.54, 1.807) is 61.0 Å². The number of thiophene rings is 1. The van der Waals surface area contributed by atoms with Gasteiger partial charge in [-0.3, -0.25) is 4.79 Å². The number of rotatable bonds is 5. The fraction of sp³-hybridized carbons (Fsp3) is 0.0476. The van der Waals surface area contributed by atoms with E-state index in [1.165, 1.54) is 17.7 Å². The van der Waals surface area contributed by atoms with Crippen molar-refractivity contribution in [1.29, 1.82) is 0 Å². The lowest BCUT2D eigenvalue weighted by Gasteiger charge is -2.10. The predicted octanol–water partition coefficient (Wildman–Crippen LogP) is 4.18. The second-order valence-corrected chi connectivity index (χ2v) is 7.29. The minimum atomic E-state index is -0.387. The Morgan fingerprint density at radius 2 is 1.48 bits per heavy atom. The van der Waals surface area contributed by atoms with E-state index in [-0.39, 0.29) is 17.8 Å². The first-order valence-electron chi connectivity index (χ1n) is 9.14. The molecule has 4 aromatic rings. The molecule has 9 nitrogen and oxygen atoms in total. The third kappa shape index (κ3) is 4.54. The molecule has 10 heteroatoms. The van der Waals surface area contributed by atoms with E-state index in [0.29, 0.717) is 38.6 Å². The maximum Gasteiger partial charge on any atom is 0.323 e. The predicted molar refractivity (Wildman–Crippen MR) is 122 cm³/mol. The zero-order chi connectivity index (χ0) is 21.8. The van der Waals surface area contributed by atoms with Crippen LogP contribution in [0.3, 0.4) is 0 Å². The maximum absolute atomic E-state index is 12.6. The van der Waals surface area contributed by atoms with Crippen LogP contribution in [-0.4, -0.2) is 29.0 Å². The highest BCUT2D eigenvalue weighted by atomic mass is 32.1. The van der Waals surface area contributed by atoms with Crippen LogP contribution < -0.4 is 26.4 Å². The number of carbonyl (C=O) groups excluding carboxylic acids is 2. The number of nitrogens with zero attached hydrogens (tertiary/aromatic N) is 2. The molecule has 0 aliphatic rings. The number of nitrogens with two attached hydrogens (primary N) is 1. The van der Waals surface area contributed by atoms with Gasteiger partial charge in [0.15, 0.2) is 0 Å². The van der Waals surface area contributed by atoms with Crippen molar-refractivity contribution in [3.63, 3.8) is 0 Å². The fourth-order valence-corrected chi connectivity index (χ4v) is 3.76. The maximum atomic E-state index is 12.6. The van der Waals surface area contributed by atoms with E-state index >= 15 is 0 Å². The van der Waals surface area contributed by atoms with Crippen molar-refractivity contribution < 1.29 is 14.3 Å². The number of carbonyl (C=O) groups is 2. The molecule has 31 heavy (non-hydrogen) atoms. The standard InChI is InChI=1S/C21H18N6O3S/c1-30-15-8-6-14(7-9-15)27-21(29)26-13-4-2-12(3-5-13)25-19(28)16-10-31-20-17(16)18(22)23-11-24-20/h2-11H,1H3,(H,25,28)(H2,22,23,24)(H2,26,27,29). The molecule has 2 heterocycles. The van der Waals surface area contributed by atoms with Gasteiger partial charge in [-0.2, -0.15) is 0 Å². The van der Waals surface area contributed by atoms with E-state index in [4.69, 9.17) is 10.5 Å². The molecular formula is C21H18N6O3S. The van der Waals surface area contributed by atoms with Gasteiger partial charge in [-0.25, -0.2) is 14.8 Å². The molecule has 0 radical (unpaired) electrons. The summed E-state index contributed by atoms with van der Waals surface area (Å²) in [5.74, 6) is 0.652. The third-order valence-corrected chi connectivity index (χ3v) is 5.28. The molecule has 0 fully saturated rings. The minimum Gasteiger partial charge on any atom is -0.497 e. The number of aromatic nitrogens is 2. The second kappa shape index (κ2) is 8.67. The van der Waals surface area contributed by atoms with Gasteiger partial charge in [0.25, 0.3) is 5.91 Å². The first-order valence-corrected chi connectivity index (χ1v) is 10.0. The molecule has 0 spiro atoms. The summed E-state index contributed by atoms with van der Waals surface area (Å²) < 4.78 is 5.09. The first-order chi connectivity index (χ1) is 15.0. The molecule has 5 N–H and O–H groups in total. The van der Waals surface area contributed by atoms with Gasteiger partial charge < -0.3 is 26.4 Å². The average molecular weight is 434 g/mol. The molecule has 0 aliphatic carbocycles. The summed E-state index contributed by atoms with van der Waals surface area (Å²) in [7, 11) is 1.58. The van der Waals surface area contributed by atoms with Crippen LogP contribution in [0, 0.1) is 0 Å². The van der Waals surface area contributed by atoms with Crippen LogP contribution >= 0.6 is 11.3 Å². The molecular weight excluding hydrogens is 416 g/mol. The van der Waals surface area contributed by atoms with Crippen LogP contribution in [0.4, 0.5) is 27.7 Å². The Kier molecular flexibility index (Phi) is 5.63. The second-order valence-electron chi connectivity index (χ2n) is 6.43. The number of hydrogen-bond donors (Lipinski definition) is 4. The number of urea groups is 1. The SMILES string of the molecule is COc1ccc(NC(=O)Nc2ccc(NC(=O)c3csc4ncnc(N)c34)cc2)cc1. The number of amides is 3. The summed E-state index contributed by atoms with van der Waals surface area (Å²) in [5, 5.41) is 10.5. The molecule has 4 rings (SSSR count). The molecule has 0 saturated heterocycles. The Bertz CT molecular complexity index is 1240. The van der Waals surface area contributed by atoms with Gasteiger partial charge in [-0.15, -0.1) is 11.3 Å². The molecule has 2 aromatic carbocycles. The molecule has 0 aliphatic heterocycles. The fourth-order valence-electron chi connectivity index (χ4n) is 2.87.